The Kier molecular flexibility index (Phi) is 3.56. The van der Waals surface area contributed by atoms with Crippen LogP contribution < -0.4 is 0 Å². The van der Waals surface area contributed by atoms with Gasteiger partial charge in [0, 0.05) is 31.2 Å². The van der Waals surface area contributed by atoms with Gasteiger partial charge in [-0.3, -0.25) is 4.79 Å². The molecule has 1 amide bonds. The van der Waals surface area contributed by atoms with Crippen molar-refractivity contribution in [2.24, 2.45) is 7.05 Å². The van der Waals surface area contributed by atoms with Crippen molar-refractivity contribution in [2.45, 2.75) is 31.7 Å². The molecule has 25 heavy (non-hydrogen) atoms. The second kappa shape index (κ2) is 5.65. The molecule has 3 aromatic rings. The number of amides is 1. The third-order valence-electron chi connectivity index (χ3n) is 5.32. The van der Waals surface area contributed by atoms with Crippen LogP contribution in [0.3, 0.4) is 0 Å². The first kappa shape index (κ1) is 15.7. The molecule has 3 heterocycles. The highest BCUT2D eigenvalue weighted by atomic mass is 16.2. The van der Waals surface area contributed by atoms with E-state index >= 15 is 0 Å². The van der Waals surface area contributed by atoms with Crippen LogP contribution in [0, 0.1) is 0 Å². The number of hydrogen-bond acceptors (Lipinski definition) is 4. The molecule has 1 aliphatic heterocycles. The minimum absolute atomic E-state index is 0.00323. The Morgan fingerprint density at radius 2 is 2.00 bits per heavy atom. The van der Waals surface area contributed by atoms with Crippen LogP contribution in [0.5, 0.6) is 0 Å². The van der Waals surface area contributed by atoms with Gasteiger partial charge in [-0.15, -0.1) is 5.10 Å². The highest BCUT2D eigenvalue weighted by Crippen LogP contribution is 2.42. The van der Waals surface area contributed by atoms with Crippen LogP contribution in [0.15, 0.2) is 42.6 Å². The topological polar surface area (TPSA) is 63.9 Å². The largest absolute Gasteiger partial charge is 0.333 e. The lowest BCUT2D eigenvalue weighted by molar-refractivity contribution is 0.0635. The quantitative estimate of drug-likeness (QED) is 0.722. The van der Waals surface area contributed by atoms with Gasteiger partial charge in [0.25, 0.3) is 5.91 Å². The van der Waals surface area contributed by atoms with Gasteiger partial charge in [0.2, 0.25) is 0 Å². The molecule has 1 unspecified atom stereocenters. The van der Waals surface area contributed by atoms with Gasteiger partial charge < -0.3 is 4.90 Å². The molecule has 0 spiro atoms. The Balaban J connectivity index is 1.65. The molecular formula is C19H21N5O. The summed E-state index contributed by atoms with van der Waals surface area (Å²) in [6, 6.07) is 12.2. The van der Waals surface area contributed by atoms with Gasteiger partial charge in [-0.1, -0.05) is 35.5 Å². The van der Waals surface area contributed by atoms with E-state index in [1.165, 1.54) is 5.56 Å². The number of nitrogens with zero attached hydrogens (tertiary/aromatic N) is 5. The zero-order chi connectivity index (χ0) is 17.6. The Morgan fingerprint density at radius 3 is 2.76 bits per heavy atom. The summed E-state index contributed by atoms with van der Waals surface area (Å²) in [6.45, 7) is 5.03. The van der Waals surface area contributed by atoms with E-state index in [2.05, 4.69) is 53.4 Å². The van der Waals surface area contributed by atoms with Crippen molar-refractivity contribution < 1.29 is 4.79 Å². The van der Waals surface area contributed by atoms with Gasteiger partial charge in [-0.05, 0) is 31.9 Å². The lowest BCUT2D eigenvalue weighted by Gasteiger charge is -2.36. The molecule has 1 aromatic carbocycles. The van der Waals surface area contributed by atoms with E-state index in [-0.39, 0.29) is 11.4 Å². The molecule has 0 radical (unpaired) electrons. The van der Waals surface area contributed by atoms with Crippen molar-refractivity contribution in [3.05, 3.63) is 53.7 Å². The van der Waals surface area contributed by atoms with Gasteiger partial charge in [0.1, 0.15) is 5.52 Å². The molecule has 1 fully saturated rings. The second-order valence-electron chi connectivity index (χ2n) is 7.14. The van der Waals surface area contributed by atoms with Crippen LogP contribution in [0.25, 0.3) is 11.2 Å². The lowest BCUT2D eigenvalue weighted by Crippen LogP contribution is -2.45. The van der Waals surface area contributed by atoms with Crippen LogP contribution in [-0.4, -0.2) is 42.9 Å². The van der Waals surface area contributed by atoms with E-state index in [1.54, 1.807) is 24.0 Å². The summed E-state index contributed by atoms with van der Waals surface area (Å²) in [7, 11) is 1.79. The minimum Gasteiger partial charge on any atom is -0.333 e. The zero-order valence-corrected chi connectivity index (χ0v) is 14.7. The fraction of sp³-hybridized carbons (Fsp3) is 0.368. The standard InChI is InChI=1S/C19H21N5O/c1-19(2)15(13-7-5-4-6-8-13)9-10-24(19)18(25)14-11-16-17(20-12-14)23(3)22-21-16/h4-8,11-12,15H,9-10H2,1-3H3. The average Bonchev–Trinajstić information content (AvgIpc) is 3.14. The Hall–Kier alpha value is -2.76. The number of carbonyl (C=O) groups excluding carboxylic acids is 1. The van der Waals surface area contributed by atoms with E-state index in [0.717, 1.165) is 13.0 Å². The van der Waals surface area contributed by atoms with Crippen molar-refractivity contribution in [1.29, 1.82) is 0 Å². The van der Waals surface area contributed by atoms with Crippen LogP contribution in [0.1, 0.15) is 42.1 Å². The third kappa shape index (κ3) is 2.49. The van der Waals surface area contributed by atoms with E-state index in [1.807, 2.05) is 11.0 Å². The predicted octanol–water partition coefficient (Wildman–Crippen LogP) is 2.77. The van der Waals surface area contributed by atoms with Gasteiger partial charge >= 0.3 is 0 Å². The van der Waals surface area contributed by atoms with Crippen molar-refractivity contribution in [1.82, 2.24) is 24.9 Å². The van der Waals surface area contributed by atoms with Crippen LogP contribution in [-0.2, 0) is 7.05 Å². The van der Waals surface area contributed by atoms with Crippen LogP contribution in [0.4, 0.5) is 0 Å². The first-order valence-electron chi connectivity index (χ1n) is 8.51. The number of aryl methyl sites for hydroxylation is 1. The van der Waals surface area contributed by atoms with Crippen molar-refractivity contribution in [3.63, 3.8) is 0 Å². The Labute approximate surface area is 146 Å². The third-order valence-corrected chi connectivity index (χ3v) is 5.32. The smallest absolute Gasteiger partial charge is 0.255 e. The van der Waals surface area contributed by atoms with Crippen molar-refractivity contribution in [2.75, 3.05) is 6.54 Å². The van der Waals surface area contributed by atoms with Crippen LogP contribution >= 0.6 is 0 Å². The Morgan fingerprint density at radius 1 is 1.24 bits per heavy atom. The summed E-state index contributed by atoms with van der Waals surface area (Å²) in [5, 5.41) is 8.02. The molecule has 1 aliphatic rings. The number of carbonyl (C=O) groups is 1. The molecule has 0 N–H and O–H groups in total. The maximum atomic E-state index is 13.1. The maximum absolute atomic E-state index is 13.1. The van der Waals surface area contributed by atoms with Crippen molar-refractivity contribution in [3.8, 4) is 0 Å². The molecule has 0 saturated carbocycles. The first-order chi connectivity index (χ1) is 12.0. The number of aromatic nitrogens is 4. The first-order valence-corrected chi connectivity index (χ1v) is 8.51. The normalized spacial score (nSPS) is 19.5. The summed E-state index contributed by atoms with van der Waals surface area (Å²) in [5.41, 5.74) is 2.92. The molecule has 0 aliphatic carbocycles. The van der Waals surface area contributed by atoms with E-state index < -0.39 is 0 Å². The van der Waals surface area contributed by atoms with Crippen molar-refractivity contribution >= 4 is 17.1 Å². The maximum Gasteiger partial charge on any atom is 0.255 e. The number of rotatable bonds is 2. The highest BCUT2D eigenvalue weighted by Gasteiger charge is 2.44. The molecule has 1 atom stereocenters. The van der Waals surface area contributed by atoms with E-state index in [0.29, 0.717) is 22.6 Å². The van der Waals surface area contributed by atoms with E-state index in [4.69, 9.17) is 0 Å². The molecule has 0 bridgehead atoms. The summed E-state index contributed by atoms with van der Waals surface area (Å²) in [6.07, 6.45) is 2.59. The molecule has 2 aromatic heterocycles. The Bertz CT molecular complexity index is 931. The fourth-order valence-electron chi connectivity index (χ4n) is 3.91. The highest BCUT2D eigenvalue weighted by molar-refractivity contribution is 5.97. The predicted molar refractivity (Wildman–Crippen MR) is 95.2 cm³/mol. The van der Waals surface area contributed by atoms with Gasteiger partial charge in [-0.25, -0.2) is 9.67 Å². The van der Waals surface area contributed by atoms with Gasteiger partial charge in [0.05, 0.1) is 5.56 Å². The second-order valence-corrected chi connectivity index (χ2v) is 7.14. The fourth-order valence-corrected chi connectivity index (χ4v) is 3.91. The number of fused-ring (bicyclic) bond motifs is 1. The molecular weight excluding hydrogens is 314 g/mol. The molecule has 128 valence electrons. The summed E-state index contributed by atoms with van der Waals surface area (Å²) in [4.78, 5) is 19.4. The number of pyridine rings is 1. The molecule has 6 nitrogen and oxygen atoms in total. The summed E-state index contributed by atoms with van der Waals surface area (Å²) >= 11 is 0. The summed E-state index contributed by atoms with van der Waals surface area (Å²) < 4.78 is 1.61. The van der Waals surface area contributed by atoms with Crippen LogP contribution in [0.2, 0.25) is 0 Å². The minimum atomic E-state index is -0.254. The monoisotopic (exact) mass is 335 g/mol. The summed E-state index contributed by atoms with van der Waals surface area (Å²) in [5.74, 6) is 0.328. The zero-order valence-electron chi connectivity index (χ0n) is 14.7. The molecule has 4 rings (SSSR count). The molecule has 1 saturated heterocycles. The number of benzene rings is 1. The SMILES string of the molecule is Cn1nnc2cc(C(=O)N3CCC(c4ccccc4)C3(C)C)cnc21. The molecule has 6 heteroatoms. The van der Waals surface area contributed by atoms with E-state index in [9.17, 15) is 4.79 Å². The average molecular weight is 335 g/mol. The lowest BCUT2D eigenvalue weighted by atomic mass is 9.82. The van der Waals surface area contributed by atoms with Gasteiger partial charge in [-0.2, -0.15) is 0 Å². The number of hydrogen-bond donors (Lipinski definition) is 0. The number of likely N-dealkylation sites (tertiary alicyclic amines) is 1. The van der Waals surface area contributed by atoms with Gasteiger partial charge in [0.15, 0.2) is 5.65 Å².